The van der Waals surface area contributed by atoms with Crippen LogP contribution in [0.4, 0.5) is 5.69 Å². The fourth-order valence-corrected chi connectivity index (χ4v) is 3.21. The maximum atomic E-state index is 13.1. The van der Waals surface area contributed by atoms with E-state index in [4.69, 9.17) is 4.74 Å². The van der Waals surface area contributed by atoms with Crippen molar-refractivity contribution in [3.8, 4) is 0 Å². The molecule has 0 aromatic heterocycles. The summed E-state index contributed by atoms with van der Waals surface area (Å²) >= 11 is 0. The van der Waals surface area contributed by atoms with Gasteiger partial charge in [-0.1, -0.05) is 35.9 Å². The molecule has 0 saturated carbocycles. The normalized spacial score (nSPS) is 14.2. The van der Waals surface area contributed by atoms with Crippen LogP contribution >= 0.6 is 0 Å². The highest BCUT2D eigenvalue weighted by Gasteiger charge is 2.38. The summed E-state index contributed by atoms with van der Waals surface area (Å²) in [6, 6.07) is 13.6. The first-order valence-electron chi connectivity index (χ1n) is 9.43. The van der Waals surface area contributed by atoms with E-state index in [-0.39, 0.29) is 11.8 Å². The molecular formula is C23H26N2O3. The minimum Gasteiger partial charge on any atom is -0.385 e. The lowest BCUT2D eigenvalue weighted by molar-refractivity contribution is -0.136. The SMILES string of the molecule is COCCCN1C(=O)C(Nc2ccc(C)cc2)=C(c2ccc(C)c(C)c2)C1=O. The molecule has 1 N–H and O–H groups in total. The van der Waals surface area contributed by atoms with Gasteiger partial charge in [0.1, 0.15) is 5.70 Å². The summed E-state index contributed by atoms with van der Waals surface area (Å²) in [6.07, 6.45) is 0.603. The molecule has 0 saturated heterocycles. The van der Waals surface area contributed by atoms with Gasteiger partial charge in [-0.15, -0.1) is 0 Å². The average Bonchev–Trinajstić information content (AvgIpc) is 2.90. The third-order valence-electron chi connectivity index (χ3n) is 5.01. The Kier molecular flexibility index (Phi) is 5.95. The highest BCUT2D eigenvalue weighted by molar-refractivity contribution is 6.36. The molecule has 1 heterocycles. The summed E-state index contributed by atoms with van der Waals surface area (Å²) < 4.78 is 5.07. The smallest absolute Gasteiger partial charge is 0.278 e. The van der Waals surface area contributed by atoms with Gasteiger partial charge >= 0.3 is 0 Å². The van der Waals surface area contributed by atoms with E-state index in [1.807, 2.05) is 63.2 Å². The lowest BCUT2D eigenvalue weighted by Crippen LogP contribution is -2.33. The first kappa shape index (κ1) is 19.8. The molecule has 0 radical (unpaired) electrons. The molecule has 0 bridgehead atoms. The van der Waals surface area contributed by atoms with E-state index in [9.17, 15) is 9.59 Å². The fourth-order valence-electron chi connectivity index (χ4n) is 3.21. The second-order valence-electron chi connectivity index (χ2n) is 7.15. The van der Waals surface area contributed by atoms with Crippen molar-refractivity contribution in [1.82, 2.24) is 4.90 Å². The quantitative estimate of drug-likeness (QED) is 0.587. The van der Waals surface area contributed by atoms with Crippen LogP contribution in [-0.4, -0.2) is 37.0 Å². The summed E-state index contributed by atoms with van der Waals surface area (Å²) in [4.78, 5) is 27.5. The van der Waals surface area contributed by atoms with Crippen LogP contribution in [0.2, 0.25) is 0 Å². The van der Waals surface area contributed by atoms with Crippen LogP contribution in [0.1, 0.15) is 28.7 Å². The predicted octanol–water partition coefficient (Wildman–Crippen LogP) is 3.84. The van der Waals surface area contributed by atoms with E-state index in [1.54, 1.807) is 7.11 Å². The van der Waals surface area contributed by atoms with Crippen molar-refractivity contribution in [3.63, 3.8) is 0 Å². The molecule has 5 nitrogen and oxygen atoms in total. The Balaban J connectivity index is 2.01. The molecule has 1 aliphatic heterocycles. The molecule has 1 aliphatic rings. The standard InChI is InChI=1S/C23H26N2O3/c1-15-6-10-19(11-7-15)24-21-20(18-9-8-16(2)17(3)14-18)22(26)25(23(21)27)12-5-13-28-4/h6-11,14,24H,5,12-13H2,1-4H3. The highest BCUT2D eigenvalue weighted by atomic mass is 16.5. The molecule has 0 spiro atoms. The van der Waals surface area contributed by atoms with Crippen molar-refractivity contribution in [2.45, 2.75) is 27.2 Å². The van der Waals surface area contributed by atoms with Crippen LogP contribution in [0.3, 0.4) is 0 Å². The highest BCUT2D eigenvalue weighted by Crippen LogP contribution is 2.31. The van der Waals surface area contributed by atoms with E-state index >= 15 is 0 Å². The number of nitrogens with one attached hydrogen (secondary N) is 1. The number of benzene rings is 2. The summed E-state index contributed by atoms with van der Waals surface area (Å²) in [5.41, 5.74) is 5.64. The number of nitrogens with zero attached hydrogens (tertiary/aromatic N) is 1. The number of imide groups is 1. The van der Waals surface area contributed by atoms with Gasteiger partial charge in [-0.3, -0.25) is 14.5 Å². The number of carbonyl (C=O) groups is 2. The van der Waals surface area contributed by atoms with Gasteiger partial charge in [0.15, 0.2) is 0 Å². The third kappa shape index (κ3) is 3.99. The number of methoxy groups -OCH3 is 1. The molecule has 146 valence electrons. The largest absolute Gasteiger partial charge is 0.385 e. The lowest BCUT2D eigenvalue weighted by atomic mass is 9.99. The van der Waals surface area contributed by atoms with Crippen LogP contribution in [0.25, 0.3) is 5.57 Å². The third-order valence-corrected chi connectivity index (χ3v) is 5.01. The van der Waals surface area contributed by atoms with Gasteiger partial charge in [-0.2, -0.15) is 0 Å². The molecule has 0 aliphatic carbocycles. The zero-order valence-corrected chi connectivity index (χ0v) is 16.8. The van der Waals surface area contributed by atoms with Gasteiger partial charge in [0.05, 0.1) is 5.57 Å². The van der Waals surface area contributed by atoms with Gasteiger partial charge in [-0.05, 0) is 56.0 Å². The molecule has 0 unspecified atom stereocenters. The summed E-state index contributed by atoms with van der Waals surface area (Å²) in [7, 11) is 1.61. The minimum absolute atomic E-state index is 0.265. The van der Waals surface area contributed by atoms with Crippen molar-refractivity contribution in [1.29, 1.82) is 0 Å². The predicted molar refractivity (Wildman–Crippen MR) is 111 cm³/mol. The van der Waals surface area contributed by atoms with Crippen LogP contribution in [0, 0.1) is 20.8 Å². The fraction of sp³-hybridized carbons (Fsp3) is 0.304. The van der Waals surface area contributed by atoms with E-state index in [0.717, 1.165) is 27.9 Å². The van der Waals surface area contributed by atoms with Crippen molar-refractivity contribution in [2.24, 2.45) is 0 Å². The second-order valence-corrected chi connectivity index (χ2v) is 7.15. The Morgan fingerprint density at radius 2 is 1.64 bits per heavy atom. The van der Waals surface area contributed by atoms with Gasteiger partial charge in [0, 0.05) is 25.9 Å². The monoisotopic (exact) mass is 378 g/mol. The summed E-state index contributed by atoms with van der Waals surface area (Å²) in [6.45, 7) is 6.86. The number of hydrogen-bond donors (Lipinski definition) is 1. The molecule has 0 atom stereocenters. The Hall–Kier alpha value is -2.92. The number of anilines is 1. The van der Waals surface area contributed by atoms with Crippen molar-refractivity contribution < 1.29 is 14.3 Å². The molecule has 2 aromatic carbocycles. The van der Waals surface area contributed by atoms with Gasteiger partial charge in [-0.25, -0.2) is 0 Å². The molecule has 5 heteroatoms. The Morgan fingerprint density at radius 3 is 2.29 bits per heavy atom. The zero-order chi connectivity index (χ0) is 20.3. The van der Waals surface area contributed by atoms with Crippen LogP contribution in [0.5, 0.6) is 0 Å². The molecule has 3 rings (SSSR count). The van der Waals surface area contributed by atoms with Gasteiger partial charge < -0.3 is 10.1 Å². The first-order chi connectivity index (χ1) is 13.4. The number of ether oxygens (including phenoxy) is 1. The molecule has 2 aromatic rings. The molecule has 2 amide bonds. The average molecular weight is 378 g/mol. The van der Waals surface area contributed by atoms with E-state index in [1.165, 1.54) is 4.90 Å². The topological polar surface area (TPSA) is 58.6 Å². The van der Waals surface area contributed by atoms with E-state index < -0.39 is 0 Å². The Morgan fingerprint density at radius 1 is 0.929 bits per heavy atom. The Bertz CT molecular complexity index is 929. The van der Waals surface area contributed by atoms with Crippen LogP contribution in [0.15, 0.2) is 48.2 Å². The second kappa shape index (κ2) is 8.40. The number of rotatable bonds is 7. The maximum absolute atomic E-state index is 13.1. The lowest BCUT2D eigenvalue weighted by Gasteiger charge is -2.15. The molecular weight excluding hydrogens is 352 g/mol. The minimum atomic E-state index is -0.296. The van der Waals surface area contributed by atoms with Gasteiger partial charge in [0.25, 0.3) is 11.8 Å². The van der Waals surface area contributed by atoms with Crippen molar-refractivity contribution >= 4 is 23.1 Å². The van der Waals surface area contributed by atoms with Crippen molar-refractivity contribution in [3.05, 3.63) is 70.4 Å². The number of carbonyl (C=O) groups excluding carboxylic acids is 2. The van der Waals surface area contributed by atoms with Crippen LogP contribution < -0.4 is 5.32 Å². The summed E-state index contributed by atoms with van der Waals surface area (Å²) in [5, 5.41) is 3.19. The van der Waals surface area contributed by atoms with Crippen LogP contribution in [-0.2, 0) is 14.3 Å². The van der Waals surface area contributed by atoms with Gasteiger partial charge in [0.2, 0.25) is 0 Å². The molecule has 0 fully saturated rings. The zero-order valence-electron chi connectivity index (χ0n) is 16.8. The van der Waals surface area contributed by atoms with E-state index in [2.05, 4.69) is 5.32 Å². The summed E-state index contributed by atoms with van der Waals surface area (Å²) in [5.74, 6) is -0.561. The number of hydrogen-bond acceptors (Lipinski definition) is 4. The number of amides is 2. The van der Waals surface area contributed by atoms with Crippen molar-refractivity contribution in [2.75, 3.05) is 25.6 Å². The Labute approximate surface area is 166 Å². The van der Waals surface area contributed by atoms with E-state index in [0.29, 0.717) is 30.8 Å². The first-order valence-corrected chi connectivity index (χ1v) is 9.43. The number of aryl methyl sites for hydroxylation is 3. The maximum Gasteiger partial charge on any atom is 0.278 e. The molecule has 28 heavy (non-hydrogen) atoms.